The average Bonchev–Trinajstić information content (AvgIpc) is 2.49. The lowest BCUT2D eigenvalue weighted by Crippen LogP contribution is -2.31. The molecule has 0 fully saturated rings. The predicted octanol–water partition coefficient (Wildman–Crippen LogP) is 3.82. The van der Waals surface area contributed by atoms with Gasteiger partial charge in [-0.1, -0.05) is 60.1 Å². The Morgan fingerprint density at radius 3 is 2.38 bits per heavy atom. The van der Waals surface area contributed by atoms with Crippen LogP contribution >= 0.6 is 11.6 Å². The lowest BCUT2D eigenvalue weighted by molar-refractivity contribution is -0.122. The van der Waals surface area contributed by atoms with Crippen LogP contribution in [0.4, 0.5) is 0 Å². The Kier molecular flexibility index (Phi) is 4.97. The Morgan fingerprint density at radius 2 is 1.76 bits per heavy atom. The van der Waals surface area contributed by atoms with E-state index in [1.54, 1.807) is 18.2 Å². The monoisotopic (exact) mass is 298 g/mol. The van der Waals surface area contributed by atoms with Crippen molar-refractivity contribution >= 4 is 17.5 Å². The summed E-state index contributed by atoms with van der Waals surface area (Å²) < 4.78 is 0. The lowest BCUT2D eigenvalue weighted by Gasteiger charge is -2.18. The second-order valence-electron chi connectivity index (χ2n) is 4.72. The molecule has 106 valence electrons. The molecule has 4 heteroatoms. The minimum absolute atomic E-state index is 0.259. The van der Waals surface area contributed by atoms with E-state index in [1.807, 2.05) is 49.4 Å². The highest BCUT2D eigenvalue weighted by Gasteiger charge is 2.22. The maximum atomic E-state index is 12.3. The molecule has 2 aromatic rings. The molecule has 2 unspecified atom stereocenters. The molecule has 0 saturated heterocycles. The molecule has 1 amide bonds. The van der Waals surface area contributed by atoms with Crippen LogP contribution in [-0.2, 0) is 4.79 Å². The second-order valence-corrected chi connectivity index (χ2v) is 5.13. The molecule has 0 bridgehead atoms. The molecule has 0 heterocycles. The molecule has 1 N–H and O–H groups in total. The third-order valence-corrected chi connectivity index (χ3v) is 3.60. The molecule has 2 atom stereocenters. The molecule has 21 heavy (non-hydrogen) atoms. The number of halogens is 1. The van der Waals surface area contributed by atoms with Gasteiger partial charge in [-0.3, -0.25) is 4.79 Å². The number of carbonyl (C=O) groups is 1. The largest absolute Gasteiger partial charge is 0.348 e. The van der Waals surface area contributed by atoms with Gasteiger partial charge >= 0.3 is 0 Å². The van der Waals surface area contributed by atoms with Crippen LogP contribution in [0.2, 0.25) is 5.02 Å². The van der Waals surface area contributed by atoms with Gasteiger partial charge in [0.05, 0.1) is 12.1 Å². The number of benzene rings is 2. The Balaban J connectivity index is 2.14. The SMILES string of the molecule is CC(NC(=O)C(C#N)c1ccccc1)c1ccccc1Cl. The molecular weight excluding hydrogens is 284 g/mol. The van der Waals surface area contributed by atoms with E-state index in [0.717, 1.165) is 5.56 Å². The van der Waals surface area contributed by atoms with Gasteiger partial charge < -0.3 is 5.32 Å². The number of amides is 1. The van der Waals surface area contributed by atoms with E-state index in [1.165, 1.54) is 0 Å². The summed E-state index contributed by atoms with van der Waals surface area (Å²) in [6, 6.07) is 18.1. The maximum absolute atomic E-state index is 12.3. The van der Waals surface area contributed by atoms with Gasteiger partial charge in [-0.2, -0.15) is 5.26 Å². The molecule has 0 spiro atoms. The maximum Gasteiger partial charge on any atom is 0.242 e. The van der Waals surface area contributed by atoms with Crippen LogP contribution in [-0.4, -0.2) is 5.91 Å². The van der Waals surface area contributed by atoms with Crippen molar-refractivity contribution in [1.82, 2.24) is 5.32 Å². The first-order valence-corrected chi connectivity index (χ1v) is 7.00. The quantitative estimate of drug-likeness (QED) is 0.933. The number of hydrogen-bond acceptors (Lipinski definition) is 2. The third-order valence-electron chi connectivity index (χ3n) is 3.25. The Hall–Kier alpha value is -2.31. The highest BCUT2D eigenvalue weighted by atomic mass is 35.5. The predicted molar refractivity (Wildman–Crippen MR) is 82.8 cm³/mol. The Labute approximate surface area is 129 Å². The van der Waals surface area contributed by atoms with Gasteiger partial charge in [0.25, 0.3) is 0 Å². The first-order valence-electron chi connectivity index (χ1n) is 6.63. The molecule has 3 nitrogen and oxygen atoms in total. The molecule has 2 rings (SSSR count). The van der Waals surface area contributed by atoms with E-state index in [0.29, 0.717) is 10.6 Å². The zero-order chi connectivity index (χ0) is 15.2. The first-order chi connectivity index (χ1) is 10.1. The van der Waals surface area contributed by atoms with Crippen molar-refractivity contribution in [2.45, 2.75) is 18.9 Å². The number of nitriles is 1. The van der Waals surface area contributed by atoms with Gasteiger partial charge in [-0.15, -0.1) is 0 Å². The third kappa shape index (κ3) is 3.62. The zero-order valence-electron chi connectivity index (χ0n) is 11.6. The average molecular weight is 299 g/mol. The fourth-order valence-corrected chi connectivity index (χ4v) is 2.43. The van der Waals surface area contributed by atoms with Crippen LogP contribution < -0.4 is 5.32 Å². The van der Waals surface area contributed by atoms with Crippen LogP contribution in [0.3, 0.4) is 0 Å². The number of nitrogens with zero attached hydrogens (tertiary/aromatic N) is 1. The number of rotatable bonds is 4. The summed E-state index contributed by atoms with van der Waals surface area (Å²) in [7, 11) is 0. The van der Waals surface area contributed by atoms with Crippen molar-refractivity contribution in [3.05, 3.63) is 70.7 Å². The van der Waals surface area contributed by atoms with E-state index in [9.17, 15) is 10.1 Å². The van der Waals surface area contributed by atoms with Crippen LogP contribution in [0, 0.1) is 11.3 Å². The highest BCUT2D eigenvalue weighted by Crippen LogP contribution is 2.23. The van der Waals surface area contributed by atoms with Gasteiger partial charge in [-0.25, -0.2) is 0 Å². The Morgan fingerprint density at radius 1 is 1.14 bits per heavy atom. The van der Waals surface area contributed by atoms with Crippen molar-refractivity contribution < 1.29 is 4.79 Å². The molecule has 0 aliphatic carbocycles. The van der Waals surface area contributed by atoms with E-state index < -0.39 is 5.92 Å². The summed E-state index contributed by atoms with van der Waals surface area (Å²) in [6.45, 7) is 1.85. The van der Waals surface area contributed by atoms with Crippen molar-refractivity contribution in [2.75, 3.05) is 0 Å². The van der Waals surface area contributed by atoms with E-state index >= 15 is 0 Å². The van der Waals surface area contributed by atoms with Gasteiger partial charge in [0.1, 0.15) is 5.92 Å². The lowest BCUT2D eigenvalue weighted by atomic mass is 9.99. The zero-order valence-corrected chi connectivity index (χ0v) is 12.3. The normalized spacial score (nSPS) is 13.0. The number of carbonyl (C=O) groups excluding carboxylic acids is 1. The first kappa shape index (κ1) is 15.1. The molecule has 0 aliphatic heterocycles. The smallest absolute Gasteiger partial charge is 0.242 e. The fraction of sp³-hybridized carbons (Fsp3) is 0.176. The Bertz CT molecular complexity index is 664. The summed E-state index contributed by atoms with van der Waals surface area (Å²) in [5.41, 5.74) is 1.51. The summed E-state index contributed by atoms with van der Waals surface area (Å²) >= 11 is 6.12. The number of hydrogen-bond donors (Lipinski definition) is 1. The van der Waals surface area contributed by atoms with Gasteiger partial charge in [0.2, 0.25) is 5.91 Å². The molecule has 0 saturated carbocycles. The van der Waals surface area contributed by atoms with Crippen LogP contribution in [0.5, 0.6) is 0 Å². The van der Waals surface area contributed by atoms with Crippen LogP contribution in [0.15, 0.2) is 54.6 Å². The van der Waals surface area contributed by atoms with E-state index in [4.69, 9.17) is 11.6 Å². The van der Waals surface area contributed by atoms with E-state index in [-0.39, 0.29) is 11.9 Å². The van der Waals surface area contributed by atoms with Crippen molar-refractivity contribution in [2.24, 2.45) is 0 Å². The van der Waals surface area contributed by atoms with Crippen molar-refractivity contribution in [1.29, 1.82) is 5.26 Å². The summed E-state index contributed by atoms with van der Waals surface area (Å²) in [6.07, 6.45) is 0. The minimum atomic E-state index is -0.823. The number of nitrogens with one attached hydrogen (secondary N) is 1. The van der Waals surface area contributed by atoms with Crippen molar-refractivity contribution in [3.63, 3.8) is 0 Å². The van der Waals surface area contributed by atoms with Gasteiger partial charge in [0, 0.05) is 5.02 Å². The fourth-order valence-electron chi connectivity index (χ4n) is 2.13. The molecule has 0 aromatic heterocycles. The van der Waals surface area contributed by atoms with Crippen molar-refractivity contribution in [3.8, 4) is 6.07 Å². The second kappa shape index (κ2) is 6.92. The highest BCUT2D eigenvalue weighted by molar-refractivity contribution is 6.31. The van der Waals surface area contributed by atoms with Crippen LogP contribution in [0.25, 0.3) is 0 Å². The van der Waals surface area contributed by atoms with E-state index in [2.05, 4.69) is 5.32 Å². The van der Waals surface area contributed by atoms with Gasteiger partial charge in [0.15, 0.2) is 0 Å². The summed E-state index contributed by atoms with van der Waals surface area (Å²) in [5.74, 6) is -1.15. The standard InChI is InChI=1S/C17H15ClN2O/c1-12(14-9-5-6-10-16(14)18)20-17(21)15(11-19)13-7-3-2-4-8-13/h2-10,12,15H,1H3,(H,20,21). The summed E-state index contributed by atoms with van der Waals surface area (Å²) in [4.78, 5) is 12.3. The molecular formula is C17H15ClN2O. The molecule has 0 aliphatic rings. The topological polar surface area (TPSA) is 52.9 Å². The molecule has 2 aromatic carbocycles. The summed E-state index contributed by atoms with van der Waals surface area (Å²) in [5, 5.41) is 12.7. The van der Waals surface area contributed by atoms with Gasteiger partial charge in [-0.05, 0) is 24.1 Å². The molecule has 0 radical (unpaired) electrons. The van der Waals surface area contributed by atoms with Crippen LogP contribution in [0.1, 0.15) is 30.0 Å². The minimum Gasteiger partial charge on any atom is -0.348 e.